The van der Waals surface area contributed by atoms with Crippen molar-refractivity contribution in [1.82, 2.24) is 9.80 Å². The highest BCUT2D eigenvalue weighted by atomic mass is 16.6. The number of rotatable bonds is 4. The largest absolute Gasteiger partial charge is 0.444 e. The molecule has 1 aliphatic carbocycles. The van der Waals surface area contributed by atoms with Crippen LogP contribution in [-0.2, 0) is 9.53 Å². The Kier molecular flexibility index (Phi) is 3.95. The Labute approximate surface area is 151 Å². The molecule has 4 aliphatic rings. The second-order valence-corrected chi connectivity index (χ2v) is 9.78. The molecule has 3 saturated heterocycles. The molecule has 3 heterocycles. The molecule has 4 fully saturated rings. The number of hydrogen-bond acceptors (Lipinski definition) is 4. The van der Waals surface area contributed by atoms with Gasteiger partial charge in [0.2, 0.25) is 0 Å². The van der Waals surface area contributed by atoms with Gasteiger partial charge < -0.3 is 9.64 Å². The SMILES string of the molecule is CN(C(=O)OC(C)(C)C)[C@H]1C[C@@H]2CCC3(C(=O)CC4CC4)C[C@H](C1)N23. The van der Waals surface area contributed by atoms with Crippen molar-refractivity contribution < 1.29 is 14.3 Å². The maximum Gasteiger partial charge on any atom is 0.410 e. The van der Waals surface area contributed by atoms with Crippen LogP contribution in [0, 0.1) is 5.92 Å². The first-order chi connectivity index (χ1) is 11.7. The highest BCUT2D eigenvalue weighted by molar-refractivity contribution is 5.90. The lowest BCUT2D eigenvalue weighted by Crippen LogP contribution is -2.72. The predicted molar refractivity (Wildman–Crippen MR) is 95.4 cm³/mol. The molecule has 3 aliphatic heterocycles. The van der Waals surface area contributed by atoms with Crippen LogP contribution in [0.2, 0.25) is 0 Å². The number of ether oxygens (including phenoxy) is 1. The average Bonchev–Trinajstić information content (AvgIpc) is 3.22. The molecule has 0 aromatic carbocycles. The smallest absolute Gasteiger partial charge is 0.410 e. The lowest BCUT2D eigenvalue weighted by molar-refractivity contribution is -0.154. The van der Waals surface area contributed by atoms with Gasteiger partial charge in [0.1, 0.15) is 5.60 Å². The second-order valence-electron chi connectivity index (χ2n) is 9.78. The minimum absolute atomic E-state index is 0.132. The van der Waals surface area contributed by atoms with Gasteiger partial charge in [-0.2, -0.15) is 0 Å². The van der Waals surface area contributed by atoms with E-state index in [4.69, 9.17) is 4.74 Å². The summed E-state index contributed by atoms with van der Waals surface area (Å²) in [6, 6.07) is 1.17. The van der Waals surface area contributed by atoms with Gasteiger partial charge in [0.05, 0.1) is 5.54 Å². The maximum atomic E-state index is 12.9. The van der Waals surface area contributed by atoms with Gasteiger partial charge in [0, 0.05) is 31.6 Å². The third-order valence-corrected chi connectivity index (χ3v) is 6.75. The first kappa shape index (κ1) is 17.3. The molecule has 25 heavy (non-hydrogen) atoms. The number of ketones is 1. The van der Waals surface area contributed by atoms with Crippen LogP contribution >= 0.6 is 0 Å². The van der Waals surface area contributed by atoms with Crippen LogP contribution in [0.15, 0.2) is 0 Å². The summed E-state index contributed by atoms with van der Waals surface area (Å²) in [5, 5.41) is 0. The average molecular weight is 348 g/mol. The van der Waals surface area contributed by atoms with Crippen molar-refractivity contribution in [3.8, 4) is 0 Å². The van der Waals surface area contributed by atoms with Gasteiger partial charge in [-0.3, -0.25) is 9.69 Å². The van der Waals surface area contributed by atoms with E-state index in [1.54, 1.807) is 4.90 Å². The van der Waals surface area contributed by atoms with Crippen molar-refractivity contribution in [3.63, 3.8) is 0 Å². The van der Waals surface area contributed by atoms with Crippen molar-refractivity contribution in [3.05, 3.63) is 0 Å². The fourth-order valence-corrected chi connectivity index (χ4v) is 5.38. The summed E-state index contributed by atoms with van der Waals surface area (Å²) in [4.78, 5) is 29.6. The van der Waals surface area contributed by atoms with Crippen LogP contribution in [0.4, 0.5) is 4.79 Å². The summed E-state index contributed by atoms with van der Waals surface area (Å²) in [5.74, 6) is 1.18. The number of carbonyl (C=O) groups excluding carboxylic acids is 2. The molecule has 0 spiro atoms. The van der Waals surface area contributed by atoms with E-state index in [1.807, 2.05) is 27.8 Å². The van der Waals surface area contributed by atoms with E-state index in [0.717, 1.165) is 38.5 Å². The zero-order valence-electron chi connectivity index (χ0n) is 16.1. The van der Waals surface area contributed by atoms with Gasteiger partial charge >= 0.3 is 6.09 Å². The van der Waals surface area contributed by atoms with E-state index in [9.17, 15) is 9.59 Å². The van der Waals surface area contributed by atoms with Gasteiger partial charge in [-0.05, 0) is 71.6 Å². The third-order valence-electron chi connectivity index (χ3n) is 6.75. The Morgan fingerprint density at radius 3 is 2.48 bits per heavy atom. The number of carbonyl (C=O) groups is 2. The molecule has 0 bridgehead atoms. The number of piperidine rings is 1. The van der Waals surface area contributed by atoms with E-state index in [1.165, 1.54) is 12.8 Å². The van der Waals surface area contributed by atoms with Crippen molar-refractivity contribution in [2.75, 3.05) is 7.05 Å². The lowest BCUT2D eigenvalue weighted by Gasteiger charge is -2.60. The third kappa shape index (κ3) is 2.98. The van der Waals surface area contributed by atoms with E-state index in [0.29, 0.717) is 23.8 Å². The Morgan fingerprint density at radius 2 is 1.84 bits per heavy atom. The van der Waals surface area contributed by atoms with Crippen molar-refractivity contribution in [1.29, 1.82) is 0 Å². The normalized spacial score (nSPS) is 37.2. The first-order valence-corrected chi connectivity index (χ1v) is 9.97. The number of Topliss-reactive ketones (excluding diaryl/α,β-unsaturated/α-hetero) is 1. The summed E-state index contributed by atoms with van der Waals surface area (Å²) in [7, 11) is 1.87. The van der Waals surface area contributed by atoms with Gasteiger partial charge in [-0.25, -0.2) is 4.79 Å². The topological polar surface area (TPSA) is 49.9 Å². The molecule has 0 aromatic rings. The Balaban J connectivity index is 1.40. The van der Waals surface area contributed by atoms with Crippen LogP contribution in [0.1, 0.15) is 72.1 Å². The van der Waals surface area contributed by atoms with Gasteiger partial charge in [-0.1, -0.05) is 0 Å². The fraction of sp³-hybridized carbons (Fsp3) is 0.900. The van der Waals surface area contributed by atoms with E-state index < -0.39 is 5.60 Å². The standard InChI is InChI=1S/C20H32N2O3/c1-19(2,3)25-18(24)21(4)15-10-14-7-8-20(12-16(11-15)22(14)20)17(23)9-13-5-6-13/h13-16H,5-12H2,1-4H3/t14-,15-,16-,20?/m0/s1. The minimum Gasteiger partial charge on any atom is -0.444 e. The zero-order valence-corrected chi connectivity index (χ0v) is 16.1. The number of nitrogens with zero attached hydrogens (tertiary/aromatic N) is 2. The van der Waals surface area contributed by atoms with Crippen molar-refractivity contribution >= 4 is 11.9 Å². The van der Waals surface area contributed by atoms with Crippen LogP contribution in [0.5, 0.6) is 0 Å². The van der Waals surface area contributed by atoms with Crippen LogP contribution in [-0.4, -0.2) is 58.0 Å². The summed E-state index contributed by atoms with van der Waals surface area (Å²) >= 11 is 0. The highest BCUT2D eigenvalue weighted by Gasteiger charge is 2.64. The van der Waals surface area contributed by atoms with Gasteiger partial charge in [0.15, 0.2) is 5.78 Å². The molecule has 0 radical (unpaired) electrons. The molecule has 0 N–H and O–H groups in total. The fourth-order valence-electron chi connectivity index (χ4n) is 5.38. The van der Waals surface area contributed by atoms with E-state index >= 15 is 0 Å². The number of hydrogen-bond donors (Lipinski definition) is 0. The first-order valence-electron chi connectivity index (χ1n) is 9.97. The predicted octanol–water partition coefficient (Wildman–Crippen LogP) is 3.36. The molecule has 5 heteroatoms. The summed E-state index contributed by atoms with van der Waals surface area (Å²) in [6.45, 7) is 5.72. The summed E-state index contributed by atoms with van der Waals surface area (Å²) in [6.07, 6.45) is 8.17. The van der Waals surface area contributed by atoms with Crippen molar-refractivity contribution in [2.24, 2.45) is 5.92 Å². The van der Waals surface area contributed by atoms with Crippen LogP contribution in [0.3, 0.4) is 0 Å². The molecular formula is C20H32N2O3. The second kappa shape index (κ2) is 5.70. The molecule has 0 aromatic heterocycles. The molecule has 1 unspecified atom stereocenters. The maximum absolute atomic E-state index is 12.9. The minimum atomic E-state index is -0.458. The quantitative estimate of drug-likeness (QED) is 0.782. The van der Waals surface area contributed by atoms with Gasteiger partial charge in [0.25, 0.3) is 0 Å². The Hall–Kier alpha value is -1.10. The molecule has 4 atom stereocenters. The molecule has 1 saturated carbocycles. The number of amides is 1. The molecular weight excluding hydrogens is 316 g/mol. The Morgan fingerprint density at radius 1 is 1.16 bits per heavy atom. The Bertz CT molecular complexity index is 580. The molecule has 5 nitrogen and oxygen atoms in total. The summed E-state index contributed by atoms with van der Waals surface area (Å²) < 4.78 is 5.54. The van der Waals surface area contributed by atoms with Crippen molar-refractivity contribution in [2.45, 2.75) is 101 Å². The van der Waals surface area contributed by atoms with E-state index in [2.05, 4.69) is 4.90 Å². The summed E-state index contributed by atoms with van der Waals surface area (Å²) in [5.41, 5.74) is -0.590. The molecule has 4 rings (SSSR count). The van der Waals surface area contributed by atoms with Crippen LogP contribution in [0.25, 0.3) is 0 Å². The van der Waals surface area contributed by atoms with E-state index in [-0.39, 0.29) is 17.7 Å². The zero-order chi connectivity index (χ0) is 18.0. The molecule has 140 valence electrons. The van der Waals surface area contributed by atoms with Gasteiger partial charge in [-0.15, -0.1) is 0 Å². The monoisotopic (exact) mass is 348 g/mol. The van der Waals surface area contributed by atoms with Crippen LogP contribution < -0.4 is 0 Å². The highest BCUT2D eigenvalue weighted by Crippen LogP contribution is 2.55. The lowest BCUT2D eigenvalue weighted by atomic mass is 9.70. The molecule has 1 amide bonds.